The summed E-state index contributed by atoms with van der Waals surface area (Å²) < 4.78 is 4.73. The SMILES string of the molecule is c1ccc(-c2cc(-c3nc(-c4ccccc4)nc(-c4cccc5c4c4ccccc4n5-c4ccccc4)n3)c3sc4c(-c5ccccc5)cccc4c3c2)cc1. The van der Waals surface area contributed by atoms with E-state index in [1.54, 1.807) is 0 Å². The van der Waals surface area contributed by atoms with E-state index in [4.69, 9.17) is 15.0 Å². The van der Waals surface area contributed by atoms with Gasteiger partial charge in [0, 0.05) is 53.3 Å². The van der Waals surface area contributed by atoms with Crippen LogP contribution in [-0.2, 0) is 0 Å². The molecule has 0 bridgehead atoms. The number of nitrogens with zero attached hydrogens (tertiary/aromatic N) is 4. The van der Waals surface area contributed by atoms with E-state index in [9.17, 15) is 0 Å². The topological polar surface area (TPSA) is 43.6 Å². The predicted molar refractivity (Wildman–Crippen MR) is 234 cm³/mol. The van der Waals surface area contributed by atoms with Gasteiger partial charge in [-0.3, -0.25) is 0 Å². The van der Waals surface area contributed by atoms with Crippen molar-refractivity contribution < 1.29 is 0 Å². The maximum Gasteiger partial charge on any atom is 0.165 e. The smallest absolute Gasteiger partial charge is 0.165 e. The van der Waals surface area contributed by atoms with Crippen LogP contribution in [0.25, 0.3) is 104 Å². The monoisotopic (exact) mass is 732 g/mol. The first kappa shape index (κ1) is 32.2. The number of hydrogen-bond donors (Lipinski definition) is 0. The third kappa shape index (κ3) is 5.32. The average Bonchev–Trinajstić information content (AvgIpc) is 3.83. The Bertz CT molecular complexity index is 3230. The largest absolute Gasteiger partial charge is 0.309 e. The van der Waals surface area contributed by atoms with Gasteiger partial charge in [-0.25, -0.2) is 15.0 Å². The number of benzene rings is 8. The van der Waals surface area contributed by atoms with Gasteiger partial charge in [-0.1, -0.05) is 158 Å². The highest BCUT2D eigenvalue weighted by Crippen LogP contribution is 2.46. The van der Waals surface area contributed by atoms with Gasteiger partial charge in [0.05, 0.1) is 11.0 Å². The quantitative estimate of drug-likeness (QED) is 0.171. The minimum absolute atomic E-state index is 0.638. The highest BCUT2D eigenvalue weighted by Gasteiger charge is 2.22. The molecule has 0 unspecified atom stereocenters. The molecule has 0 radical (unpaired) electrons. The van der Waals surface area contributed by atoms with Crippen LogP contribution in [0.15, 0.2) is 194 Å². The van der Waals surface area contributed by atoms with Gasteiger partial charge in [-0.05, 0) is 58.7 Å². The van der Waals surface area contributed by atoms with Crippen molar-refractivity contribution in [2.45, 2.75) is 0 Å². The molecule has 5 heteroatoms. The van der Waals surface area contributed by atoms with Crippen molar-refractivity contribution in [3.05, 3.63) is 194 Å². The van der Waals surface area contributed by atoms with Gasteiger partial charge in [0.1, 0.15) is 0 Å². The molecule has 3 heterocycles. The minimum Gasteiger partial charge on any atom is -0.309 e. The van der Waals surface area contributed by atoms with Crippen molar-refractivity contribution in [1.29, 1.82) is 0 Å². The Morgan fingerprint density at radius 1 is 0.339 bits per heavy atom. The lowest BCUT2D eigenvalue weighted by molar-refractivity contribution is 1.08. The zero-order valence-corrected chi connectivity index (χ0v) is 31.0. The first-order valence-corrected chi connectivity index (χ1v) is 19.6. The fourth-order valence-corrected chi connectivity index (χ4v) is 9.43. The highest BCUT2D eigenvalue weighted by atomic mass is 32.1. The summed E-state index contributed by atoms with van der Waals surface area (Å²) >= 11 is 1.81. The molecule has 0 spiro atoms. The summed E-state index contributed by atoms with van der Waals surface area (Å²) in [5, 5.41) is 4.68. The molecule has 262 valence electrons. The predicted octanol–water partition coefficient (Wildman–Crippen LogP) is 13.7. The van der Waals surface area contributed by atoms with E-state index < -0.39 is 0 Å². The molecule has 0 saturated carbocycles. The van der Waals surface area contributed by atoms with E-state index in [2.05, 4.69) is 180 Å². The van der Waals surface area contributed by atoms with E-state index in [0.717, 1.165) is 60.0 Å². The Hall–Kier alpha value is -7.21. The number of rotatable bonds is 6. The van der Waals surface area contributed by atoms with E-state index in [0.29, 0.717) is 17.5 Å². The molecule has 3 aromatic heterocycles. The molecule has 8 aromatic carbocycles. The second-order valence-electron chi connectivity index (χ2n) is 14.0. The Morgan fingerprint density at radius 3 is 1.62 bits per heavy atom. The van der Waals surface area contributed by atoms with Crippen molar-refractivity contribution >= 4 is 53.3 Å². The molecule has 0 N–H and O–H groups in total. The van der Waals surface area contributed by atoms with Crippen LogP contribution in [0.1, 0.15) is 0 Å². The van der Waals surface area contributed by atoms with Crippen LogP contribution in [0.2, 0.25) is 0 Å². The van der Waals surface area contributed by atoms with E-state index in [-0.39, 0.29) is 0 Å². The summed E-state index contributed by atoms with van der Waals surface area (Å²) in [6.07, 6.45) is 0. The fraction of sp³-hybridized carbons (Fsp3) is 0. The van der Waals surface area contributed by atoms with Crippen LogP contribution in [0.4, 0.5) is 0 Å². The maximum absolute atomic E-state index is 5.45. The van der Waals surface area contributed by atoms with Gasteiger partial charge in [0.25, 0.3) is 0 Å². The third-order valence-electron chi connectivity index (χ3n) is 10.7. The Labute approximate surface area is 327 Å². The second kappa shape index (κ2) is 13.3. The number of fused-ring (bicyclic) bond motifs is 6. The molecule has 0 aliphatic heterocycles. The summed E-state index contributed by atoms with van der Waals surface area (Å²) in [7, 11) is 0. The van der Waals surface area contributed by atoms with E-state index in [1.165, 1.54) is 26.6 Å². The zero-order valence-electron chi connectivity index (χ0n) is 30.2. The van der Waals surface area contributed by atoms with Crippen molar-refractivity contribution in [2.75, 3.05) is 0 Å². The molecular formula is C51H32N4S. The van der Waals surface area contributed by atoms with Crippen LogP contribution in [0, 0.1) is 0 Å². The molecule has 0 fully saturated rings. The van der Waals surface area contributed by atoms with Crippen LogP contribution in [-0.4, -0.2) is 19.5 Å². The molecule has 0 aliphatic carbocycles. The van der Waals surface area contributed by atoms with Crippen molar-refractivity contribution in [3.63, 3.8) is 0 Å². The van der Waals surface area contributed by atoms with Gasteiger partial charge in [-0.15, -0.1) is 11.3 Å². The summed E-state index contributed by atoms with van der Waals surface area (Å²) in [5.41, 5.74) is 10.9. The lowest BCUT2D eigenvalue weighted by Crippen LogP contribution is -2.01. The van der Waals surface area contributed by atoms with Crippen molar-refractivity contribution in [2.24, 2.45) is 0 Å². The first-order valence-electron chi connectivity index (χ1n) is 18.8. The number of hydrogen-bond acceptors (Lipinski definition) is 4. The molecule has 56 heavy (non-hydrogen) atoms. The Kier molecular flexibility index (Phi) is 7.64. The number of para-hydroxylation sites is 2. The lowest BCUT2D eigenvalue weighted by Gasteiger charge is -2.12. The normalized spacial score (nSPS) is 11.6. The molecule has 11 aromatic rings. The lowest BCUT2D eigenvalue weighted by atomic mass is 9.97. The van der Waals surface area contributed by atoms with Crippen LogP contribution < -0.4 is 0 Å². The van der Waals surface area contributed by atoms with Gasteiger partial charge in [0.2, 0.25) is 0 Å². The van der Waals surface area contributed by atoms with Crippen molar-refractivity contribution in [1.82, 2.24) is 19.5 Å². The molecule has 4 nitrogen and oxygen atoms in total. The van der Waals surface area contributed by atoms with Gasteiger partial charge < -0.3 is 4.57 Å². The standard InChI is InChI=1S/C51H32N4S/c1-5-17-33(18-6-1)36-31-42-39-27-15-26-38(34-19-7-2-8-20-34)47(39)56-48(42)43(32-36)51-53-49(35-21-9-3-10-22-35)52-50(54-51)41-28-16-30-45-46(41)40-25-13-14-29-44(40)55(45)37-23-11-4-12-24-37/h1-32H. The van der Waals surface area contributed by atoms with Gasteiger partial charge in [-0.2, -0.15) is 0 Å². The highest BCUT2D eigenvalue weighted by molar-refractivity contribution is 7.26. The van der Waals surface area contributed by atoms with E-state index >= 15 is 0 Å². The number of aromatic nitrogens is 4. The molecule has 11 rings (SSSR count). The first-order chi connectivity index (χ1) is 27.8. The van der Waals surface area contributed by atoms with E-state index in [1.807, 2.05) is 29.5 Å². The molecule has 0 amide bonds. The average molecular weight is 733 g/mol. The van der Waals surface area contributed by atoms with Gasteiger partial charge >= 0.3 is 0 Å². The summed E-state index contributed by atoms with van der Waals surface area (Å²) in [6.45, 7) is 0. The van der Waals surface area contributed by atoms with Crippen LogP contribution >= 0.6 is 11.3 Å². The van der Waals surface area contributed by atoms with Gasteiger partial charge in [0.15, 0.2) is 17.5 Å². The number of thiophene rings is 1. The summed E-state index contributed by atoms with van der Waals surface area (Å²) in [4.78, 5) is 16.0. The Balaban J connectivity index is 1.22. The maximum atomic E-state index is 5.45. The van der Waals surface area contributed by atoms with Crippen LogP contribution in [0.3, 0.4) is 0 Å². The molecule has 0 aliphatic rings. The fourth-order valence-electron chi connectivity index (χ4n) is 8.10. The molecule has 0 atom stereocenters. The third-order valence-corrected chi connectivity index (χ3v) is 11.9. The van der Waals surface area contributed by atoms with Crippen LogP contribution in [0.5, 0.6) is 0 Å². The summed E-state index contributed by atoms with van der Waals surface area (Å²) in [6, 6.07) is 68.4. The Morgan fingerprint density at radius 2 is 0.875 bits per heavy atom. The van der Waals surface area contributed by atoms with Crippen molar-refractivity contribution in [3.8, 4) is 62.1 Å². The second-order valence-corrected chi connectivity index (χ2v) is 15.0. The minimum atomic E-state index is 0.638. The molecular weight excluding hydrogens is 701 g/mol. The molecule has 0 saturated heterocycles. The summed E-state index contributed by atoms with van der Waals surface area (Å²) in [5.74, 6) is 1.92. The zero-order chi connectivity index (χ0) is 37.0.